The van der Waals surface area contributed by atoms with Gasteiger partial charge in [-0.3, -0.25) is 0 Å². The molecule has 9 heteroatoms. The first-order valence-electron chi connectivity index (χ1n) is 8.88. The summed E-state index contributed by atoms with van der Waals surface area (Å²) in [4.78, 5) is 13.4. The third kappa shape index (κ3) is 7.12. The Morgan fingerprint density at radius 2 is 1.79 bits per heavy atom. The number of rotatable bonds is 4. The van der Waals surface area contributed by atoms with Gasteiger partial charge in [-0.1, -0.05) is 12.1 Å². The standard InChI is InChI=1S/C17H22N2OS.C2HF3O2/c1-12-19-16(11-21-12)10-18-15-6-2-13(3-7-15)14-4-8-17(20)9-5-14;3-2(4,5)1(6)7/h4-5,8-9,11,13,15,18,20H,2-3,6-7,10H2,1H3;(H,6,7). The van der Waals surface area contributed by atoms with E-state index in [0.29, 0.717) is 17.7 Å². The second-order valence-electron chi connectivity index (χ2n) is 6.68. The number of benzene rings is 1. The molecular weight excluding hydrogens is 393 g/mol. The first-order chi connectivity index (χ1) is 13.1. The molecule has 28 heavy (non-hydrogen) atoms. The van der Waals surface area contributed by atoms with Gasteiger partial charge in [-0.15, -0.1) is 11.3 Å². The molecule has 0 bridgehead atoms. The van der Waals surface area contributed by atoms with Crippen LogP contribution in [0.2, 0.25) is 0 Å². The fourth-order valence-corrected chi connectivity index (χ4v) is 3.73. The van der Waals surface area contributed by atoms with Gasteiger partial charge < -0.3 is 15.5 Å². The molecule has 3 rings (SSSR count). The predicted molar refractivity (Wildman–Crippen MR) is 100 cm³/mol. The van der Waals surface area contributed by atoms with Gasteiger partial charge in [-0.05, 0) is 56.2 Å². The molecule has 0 unspecified atom stereocenters. The van der Waals surface area contributed by atoms with Crippen LogP contribution in [0, 0.1) is 6.92 Å². The number of alkyl halides is 3. The van der Waals surface area contributed by atoms with Crippen LogP contribution in [0.5, 0.6) is 5.75 Å². The summed E-state index contributed by atoms with van der Waals surface area (Å²) in [6.07, 6.45) is -0.208. The summed E-state index contributed by atoms with van der Waals surface area (Å²) in [7, 11) is 0. The third-order valence-electron chi connectivity index (χ3n) is 4.57. The molecule has 0 aliphatic heterocycles. The molecule has 0 amide bonds. The average Bonchev–Trinajstić information content (AvgIpc) is 3.06. The van der Waals surface area contributed by atoms with E-state index in [2.05, 4.69) is 34.7 Å². The Bertz CT molecular complexity index is 755. The van der Waals surface area contributed by atoms with E-state index in [4.69, 9.17) is 9.90 Å². The lowest BCUT2D eigenvalue weighted by Gasteiger charge is -2.29. The highest BCUT2D eigenvalue weighted by molar-refractivity contribution is 7.09. The number of nitrogens with one attached hydrogen (secondary N) is 1. The minimum atomic E-state index is -5.08. The van der Waals surface area contributed by atoms with Gasteiger partial charge in [0.2, 0.25) is 0 Å². The number of aryl methyl sites for hydroxylation is 1. The molecular formula is C19H23F3N2O3S. The first-order valence-corrected chi connectivity index (χ1v) is 9.76. The maximum atomic E-state index is 10.6. The zero-order valence-electron chi connectivity index (χ0n) is 15.4. The summed E-state index contributed by atoms with van der Waals surface area (Å²) in [5.74, 6) is -1.76. The van der Waals surface area contributed by atoms with Gasteiger partial charge in [0, 0.05) is 18.0 Å². The number of aromatic hydroxyl groups is 1. The van der Waals surface area contributed by atoms with Crippen molar-refractivity contribution in [1.29, 1.82) is 0 Å². The van der Waals surface area contributed by atoms with Crippen LogP contribution >= 0.6 is 11.3 Å². The van der Waals surface area contributed by atoms with E-state index in [0.717, 1.165) is 17.2 Å². The number of hydrogen-bond donors (Lipinski definition) is 3. The van der Waals surface area contributed by atoms with E-state index < -0.39 is 12.1 Å². The summed E-state index contributed by atoms with van der Waals surface area (Å²) in [6.45, 7) is 2.94. The molecule has 154 valence electrons. The molecule has 1 heterocycles. The Kier molecular flexibility index (Phi) is 7.82. The number of carbonyl (C=O) groups is 1. The number of nitrogens with zero attached hydrogens (tertiary/aromatic N) is 1. The summed E-state index contributed by atoms with van der Waals surface area (Å²) < 4.78 is 31.7. The quantitative estimate of drug-likeness (QED) is 0.678. The van der Waals surface area contributed by atoms with E-state index in [1.54, 1.807) is 23.5 Å². The average molecular weight is 416 g/mol. The molecule has 1 aliphatic carbocycles. The van der Waals surface area contributed by atoms with Crippen LogP contribution in [0.25, 0.3) is 0 Å². The molecule has 3 N–H and O–H groups in total. The molecule has 2 aromatic rings. The molecule has 0 spiro atoms. The van der Waals surface area contributed by atoms with E-state index in [-0.39, 0.29) is 0 Å². The number of aromatic nitrogens is 1. The Labute approximate surface area is 165 Å². The van der Waals surface area contributed by atoms with Crippen molar-refractivity contribution in [1.82, 2.24) is 10.3 Å². The van der Waals surface area contributed by atoms with Crippen molar-refractivity contribution in [3.05, 3.63) is 45.9 Å². The predicted octanol–water partition coefficient (Wildman–Crippen LogP) is 4.61. The number of aliphatic carboxylic acids is 1. The highest BCUT2D eigenvalue weighted by atomic mass is 32.1. The summed E-state index contributed by atoms with van der Waals surface area (Å²) in [6, 6.07) is 8.33. The van der Waals surface area contributed by atoms with Gasteiger partial charge in [-0.25, -0.2) is 9.78 Å². The first kappa shape index (κ1) is 22.2. The molecule has 0 atom stereocenters. The topological polar surface area (TPSA) is 82.5 Å². The fourth-order valence-electron chi connectivity index (χ4n) is 3.12. The smallest absolute Gasteiger partial charge is 0.490 e. The number of thiazole rings is 1. The Hall–Kier alpha value is -2.13. The van der Waals surface area contributed by atoms with Crippen molar-refractivity contribution in [2.24, 2.45) is 0 Å². The maximum Gasteiger partial charge on any atom is 0.490 e. The maximum absolute atomic E-state index is 10.6. The second-order valence-corrected chi connectivity index (χ2v) is 7.74. The zero-order chi connectivity index (χ0) is 20.7. The zero-order valence-corrected chi connectivity index (χ0v) is 16.2. The van der Waals surface area contributed by atoms with Gasteiger partial charge >= 0.3 is 12.1 Å². The monoisotopic (exact) mass is 416 g/mol. The van der Waals surface area contributed by atoms with Crippen molar-refractivity contribution >= 4 is 17.3 Å². The number of hydrogen-bond acceptors (Lipinski definition) is 5. The molecule has 0 radical (unpaired) electrons. The Morgan fingerprint density at radius 1 is 1.21 bits per heavy atom. The van der Waals surface area contributed by atoms with Crippen LogP contribution in [-0.2, 0) is 11.3 Å². The SMILES string of the molecule is Cc1nc(CNC2CCC(c3ccc(O)cc3)CC2)cs1.O=C(O)C(F)(F)F. The van der Waals surface area contributed by atoms with Crippen LogP contribution in [-0.4, -0.2) is 33.4 Å². The Morgan fingerprint density at radius 3 is 2.25 bits per heavy atom. The largest absolute Gasteiger partial charge is 0.508 e. The number of phenolic OH excluding ortho intramolecular Hbond substituents is 1. The van der Waals surface area contributed by atoms with E-state index in [1.807, 2.05) is 0 Å². The molecule has 5 nitrogen and oxygen atoms in total. The van der Waals surface area contributed by atoms with Crippen molar-refractivity contribution in [3.8, 4) is 5.75 Å². The van der Waals surface area contributed by atoms with Crippen molar-refractivity contribution in [2.75, 3.05) is 0 Å². The third-order valence-corrected chi connectivity index (χ3v) is 5.39. The highest BCUT2D eigenvalue weighted by Crippen LogP contribution is 2.33. The van der Waals surface area contributed by atoms with Crippen LogP contribution < -0.4 is 5.32 Å². The summed E-state index contributed by atoms with van der Waals surface area (Å²) in [5, 5.41) is 23.4. The molecule has 1 aromatic heterocycles. The molecule has 1 aliphatic rings. The second kappa shape index (κ2) is 9.88. The number of carboxylic acids is 1. The minimum Gasteiger partial charge on any atom is -0.508 e. The van der Waals surface area contributed by atoms with Gasteiger partial charge in [0.1, 0.15) is 5.75 Å². The minimum absolute atomic E-state index is 0.354. The van der Waals surface area contributed by atoms with Crippen LogP contribution in [0.4, 0.5) is 13.2 Å². The van der Waals surface area contributed by atoms with Crippen LogP contribution in [0.15, 0.2) is 29.6 Å². The molecule has 1 aromatic carbocycles. The number of carboxylic acid groups (broad SMARTS) is 1. The lowest BCUT2D eigenvalue weighted by Crippen LogP contribution is -2.32. The van der Waals surface area contributed by atoms with Crippen molar-refractivity contribution in [3.63, 3.8) is 0 Å². The molecule has 1 fully saturated rings. The molecule has 0 saturated heterocycles. The van der Waals surface area contributed by atoms with Gasteiger partial charge in [0.25, 0.3) is 0 Å². The normalized spacial score (nSPS) is 19.6. The van der Waals surface area contributed by atoms with Crippen LogP contribution in [0.1, 0.15) is 47.9 Å². The number of phenols is 1. The van der Waals surface area contributed by atoms with E-state index in [1.165, 1.54) is 31.2 Å². The fraction of sp³-hybridized carbons (Fsp3) is 0.474. The molecule has 1 saturated carbocycles. The van der Waals surface area contributed by atoms with Crippen molar-refractivity contribution < 1.29 is 28.2 Å². The van der Waals surface area contributed by atoms with Gasteiger partial charge in [0.15, 0.2) is 0 Å². The highest BCUT2D eigenvalue weighted by Gasteiger charge is 2.38. The number of halogens is 3. The van der Waals surface area contributed by atoms with Gasteiger partial charge in [-0.2, -0.15) is 13.2 Å². The van der Waals surface area contributed by atoms with Crippen molar-refractivity contribution in [2.45, 2.75) is 57.3 Å². The summed E-state index contributed by atoms with van der Waals surface area (Å²) in [5.41, 5.74) is 2.53. The van der Waals surface area contributed by atoms with Crippen LogP contribution in [0.3, 0.4) is 0 Å². The van der Waals surface area contributed by atoms with Gasteiger partial charge in [0.05, 0.1) is 10.7 Å². The lowest BCUT2D eigenvalue weighted by atomic mass is 9.82. The lowest BCUT2D eigenvalue weighted by molar-refractivity contribution is -0.192. The van der Waals surface area contributed by atoms with E-state index in [9.17, 15) is 18.3 Å². The summed E-state index contributed by atoms with van der Waals surface area (Å²) >= 11 is 1.72. The van der Waals surface area contributed by atoms with E-state index >= 15 is 0 Å². The Balaban J connectivity index is 0.000000345.